The van der Waals surface area contributed by atoms with Crippen LogP contribution in [0.5, 0.6) is 5.75 Å². The van der Waals surface area contributed by atoms with Crippen molar-refractivity contribution in [2.75, 3.05) is 20.7 Å². The zero-order chi connectivity index (χ0) is 17.0. The molecule has 0 atom stereocenters. The Balaban J connectivity index is 2.55. The number of ether oxygens (including phenoxy) is 1. The third-order valence-corrected chi connectivity index (χ3v) is 4.98. The van der Waals surface area contributed by atoms with Gasteiger partial charge in [0.05, 0.1) is 4.90 Å². The first kappa shape index (κ1) is 17.0. The monoisotopic (exact) mass is 335 g/mol. The van der Waals surface area contributed by atoms with E-state index < -0.39 is 22.6 Å². The van der Waals surface area contributed by atoms with Gasteiger partial charge in [-0.1, -0.05) is 30.3 Å². The maximum absolute atomic E-state index is 12.3. The minimum atomic E-state index is -3.59. The number of carboxylic acid groups (broad SMARTS) is 1. The molecule has 2 aromatic carbocycles. The predicted octanol–water partition coefficient (Wildman–Crippen LogP) is 2.07. The second-order valence-corrected chi connectivity index (χ2v) is 7.15. The van der Waals surface area contributed by atoms with E-state index in [1.807, 2.05) is 18.2 Å². The standard InChI is InChI=1S/C16H17NO5S/c1-17(2)23(20,21)13-8-9-15(22-11-16(18)19)14(10-13)12-6-4-3-5-7-12/h3-10H,11H2,1-2H3,(H,18,19). The van der Waals surface area contributed by atoms with E-state index in [1.54, 1.807) is 12.1 Å². The highest BCUT2D eigenvalue weighted by Gasteiger charge is 2.20. The molecule has 6 nitrogen and oxygen atoms in total. The Bertz CT molecular complexity index is 800. The quantitative estimate of drug-likeness (QED) is 0.873. The Hall–Kier alpha value is -2.38. The van der Waals surface area contributed by atoms with E-state index in [1.165, 1.54) is 32.3 Å². The van der Waals surface area contributed by atoms with Crippen LogP contribution < -0.4 is 4.74 Å². The third kappa shape index (κ3) is 3.88. The maximum atomic E-state index is 12.3. The fourth-order valence-electron chi connectivity index (χ4n) is 1.99. The number of carboxylic acids is 1. The molecule has 0 unspecified atom stereocenters. The number of benzene rings is 2. The Kier molecular flexibility index (Phi) is 5.02. The Morgan fingerprint density at radius 2 is 1.78 bits per heavy atom. The molecule has 0 radical (unpaired) electrons. The van der Waals surface area contributed by atoms with Gasteiger partial charge in [0, 0.05) is 19.7 Å². The second kappa shape index (κ2) is 6.80. The molecule has 0 aliphatic heterocycles. The van der Waals surface area contributed by atoms with Gasteiger partial charge in [0.2, 0.25) is 10.0 Å². The first-order valence-corrected chi connectivity index (χ1v) is 8.23. The van der Waals surface area contributed by atoms with Crippen molar-refractivity contribution >= 4 is 16.0 Å². The molecule has 2 aromatic rings. The van der Waals surface area contributed by atoms with E-state index >= 15 is 0 Å². The molecule has 122 valence electrons. The first-order chi connectivity index (χ1) is 10.8. The molecule has 0 amide bonds. The van der Waals surface area contributed by atoms with Crippen molar-refractivity contribution in [1.82, 2.24) is 4.31 Å². The van der Waals surface area contributed by atoms with E-state index in [0.29, 0.717) is 11.3 Å². The molecule has 0 aliphatic carbocycles. The number of hydrogen-bond acceptors (Lipinski definition) is 4. The van der Waals surface area contributed by atoms with E-state index in [0.717, 1.165) is 9.87 Å². The van der Waals surface area contributed by atoms with E-state index in [-0.39, 0.29) is 4.90 Å². The highest BCUT2D eigenvalue weighted by molar-refractivity contribution is 7.89. The van der Waals surface area contributed by atoms with Gasteiger partial charge in [-0.05, 0) is 23.8 Å². The molecule has 1 N–H and O–H groups in total. The topological polar surface area (TPSA) is 83.9 Å². The van der Waals surface area contributed by atoms with Crippen molar-refractivity contribution in [2.24, 2.45) is 0 Å². The van der Waals surface area contributed by atoms with Gasteiger partial charge < -0.3 is 9.84 Å². The van der Waals surface area contributed by atoms with Gasteiger partial charge in [0.25, 0.3) is 0 Å². The summed E-state index contributed by atoms with van der Waals surface area (Å²) in [4.78, 5) is 10.8. The number of carbonyl (C=O) groups is 1. The number of rotatable bonds is 6. The smallest absolute Gasteiger partial charge is 0.341 e. The molecular weight excluding hydrogens is 318 g/mol. The molecule has 7 heteroatoms. The Morgan fingerprint density at radius 1 is 1.13 bits per heavy atom. The molecule has 23 heavy (non-hydrogen) atoms. The van der Waals surface area contributed by atoms with Gasteiger partial charge in [-0.15, -0.1) is 0 Å². The minimum absolute atomic E-state index is 0.115. The van der Waals surface area contributed by atoms with Crippen LogP contribution in [-0.4, -0.2) is 44.5 Å². The lowest BCUT2D eigenvalue weighted by atomic mass is 10.0. The SMILES string of the molecule is CN(C)S(=O)(=O)c1ccc(OCC(=O)O)c(-c2ccccc2)c1. The van der Waals surface area contributed by atoms with E-state index in [4.69, 9.17) is 9.84 Å². The Labute approximate surface area is 135 Å². The van der Waals surface area contributed by atoms with Crippen LogP contribution >= 0.6 is 0 Å². The molecular formula is C16H17NO5S. The molecule has 2 rings (SSSR count). The van der Waals surface area contributed by atoms with Crippen molar-refractivity contribution in [1.29, 1.82) is 0 Å². The minimum Gasteiger partial charge on any atom is -0.481 e. The van der Waals surface area contributed by atoms with Crippen LogP contribution in [0.3, 0.4) is 0 Å². The molecule has 0 saturated heterocycles. The fraction of sp³-hybridized carbons (Fsp3) is 0.188. The van der Waals surface area contributed by atoms with Crippen LogP contribution in [-0.2, 0) is 14.8 Å². The molecule has 0 fully saturated rings. The van der Waals surface area contributed by atoms with Crippen molar-refractivity contribution in [3.05, 3.63) is 48.5 Å². The molecule has 0 aliphatic rings. The highest BCUT2D eigenvalue weighted by Crippen LogP contribution is 2.32. The summed E-state index contributed by atoms with van der Waals surface area (Å²) in [6.45, 7) is -0.500. The maximum Gasteiger partial charge on any atom is 0.341 e. The lowest BCUT2D eigenvalue weighted by Gasteiger charge is -2.15. The number of aliphatic carboxylic acids is 1. The van der Waals surface area contributed by atoms with Gasteiger partial charge in [0.15, 0.2) is 6.61 Å². The second-order valence-electron chi connectivity index (χ2n) is 4.99. The van der Waals surface area contributed by atoms with Crippen molar-refractivity contribution < 1.29 is 23.1 Å². The molecule has 0 spiro atoms. The number of sulfonamides is 1. The molecule has 0 heterocycles. The van der Waals surface area contributed by atoms with Crippen molar-refractivity contribution in [3.63, 3.8) is 0 Å². The number of nitrogens with zero attached hydrogens (tertiary/aromatic N) is 1. The summed E-state index contributed by atoms with van der Waals surface area (Å²) in [5.74, 6) is -0.787. The highest BCUT2D eigenvalue weighted by atomic mass is 32.2. The summed E-state index contributed by atoms with van der Waals surface area (Å²) in [7, 11) is -0.692. The molecule has 0 bridgehead atoms. The van der Waals surface area contributed by atoms with E-state index in [9.17, 15) is 13.2 Å². The van der Waals surface area contributed by atoms with Crippen molar-refractivity contribution in [3.8, 4) is 16.9 Å². The van der Waals surface area contributed by atoms with E-state index in [2.05, 4.69) is 0 Å². The predicted molar refractivity (Wildman–Crippen MR) is 85.9 cm³/mol. The average molecular weight is 335 g/mol. The average Bonchev–Trinajstić information content (AvgIpc) is 2.53. The summed E-state index contributed by atoms with van der Waals surface area (Å²) in [5.41, 5.74) is 1.26. The summed E-state index contributed by atoms with van der Waals surface area (Å²) < 4.78 is 31.0. The first-order valence-electron chi connectivity index (χ1n) is 6.79. The zero-order valence-electron chi connectivity index (χ0n) is 12.8. The van der Waals surface area contributed by atoms with Gasteiger partial charge in [-0.3, -0.25) is 0 Å². The van der Waals surface area contributed by atoms with Crippen LogP contribution in [0.25, 0.3) is 11.1 Å². The number of hydrogen-bond donors (Lipinski definition) is 1. The molecule has 0 saturated carbocycles. The van der Waals surface area contributed by atoms with Crippen LogP contribution in [0.4, 0.5) is 0 Å². The van der Waals surface area contributed by atoms with Gasteiger partial charge in [-0.2, -0.15) is 0 Å². The van der Waals surface area contributed by atoms with Crippen LogP contribution in [0.2, 0.25) is 0 Å². The van der Waals surface area contributed by atoms with Gasteiger partial charge >= 0.3 is 5.97 Å². The van der Waals surface area contributed by atoms with Gasteiger partial charge in [0.1, 0.15) is 5.75 Å². The van der Waals surface area contributed by atoms with Crippen LogP contribution in [0.15, 0.2) is 53.4 Å². The normalized spacial score (nSPS) is 11.4. The largest absolute Gasteiger partial charge is 0.481 e. The summed E-state index contributed by atoms with van der Waals surface area (Å²) in [6.07, 6.45) is 0. The zero-order valence-corrected chi connectivity index (χ0v) is 13.6. The van der Waals surface area contributed by atoms with Crippen molar-refractivity contribution in [2.45, 2.75) is 4.90 Å². The lowest BCUT2D eigenvalue weighted by molar-refractivity contribution is -0.139. The summed E-state index contributed by atoms with van der Waals surface area (Å²) in [6, 6.07) is 13.4. The lowest BCUT2D eigenvalue weighted by Crippen LogP contribution is -2.22. The Morgan fingerprint density at radius 3 is 2.35 bits per heavy atom. The fourth-order valence-corrected chi connectivity index (χ4v) is 2.92. The van der Waals surface area contributed by atoms with Gasteiger partial charge in [-0.25, -0.2) is 17.5 Å². The molecule has 0 aromatic heterocycles. The summed E-state index contributed by atoms with van der Waals surface area (Å²) >= 11 is 0. The third-order valence-electron chi connectivity index (χ3n) is 3.17. The summed E-state index contributed by atoms with van der Waals surface area (Å²) in [5, 5.41) is 8.77. The van der Waals surface area contributed by atoms with Crippen LogP contribution in [0.1, 0.15) is 0 Å². The van der Waals surface area contributed by atoms with Crippen LogP contribution in [0, 0.1) is 0 Å².